The minimum Gasteiger partial charge on any atom is -0.493 e. The molecule has 1 atom stereocenters. The largest absolute Gasteiger partial charge is 0.493 e. The van der Waals surface area contributed by atoms with Crippen LogP contribution in [-0.2, 0) is 7.05 Å². The quantitative estimate of drug-likeness (QED) is 0.860. The highest BCUT2D eigenvalue weighted by Crippen LogP contribution is 2.32. The molecule has 0 bridgehead atoms. The van der Waals surface area contributed by atoms with Crippen molar-refractivity contribution < 1.29 is 18.7 Å². The summed E-state index contributed by atoms with van der Waals surface area (Å²) in [5.74, 6) is -0.283. The maximum Gasteiger partial charge on any atom is 0.268 e. The van der Waals surface area contributed by atoms with Crippen LogP contribution in [0.5, 0.6) is 11.5 Å². The number of rotatable bonds is 5. The number of hydrogen-bond donors (Lipinski definition) is 1. The number of nitrogens with one attached hydrogen (secondary N) is 1. The molecule has 0 aliphatic heterocycles. The normalized spacial score (nSPS) is 12.0. The Morgan fingerprint density at radius 3 is 2.29 bits per heavy atom. The highest BCUT2D eigenvalue weighted by atomic mass is 35.5. The lowest BCUT2D eigenvalue weighted by molar-refractivity contribution is 0.0931. The first kappa shape index (κ1) is 18.4. The van der Waals surface area contributed by atoms with Crippen LogP contribution >= 0.6 is 23.2 Å². The van der Waals surface area contributed by atoms with Gasteiger partial charge in [-0.1, -0.05) is 23.2 Å². The second-order valence-electron chi connectivity index (χ2n) is 5.15. The van der Waals surface area contributed by atoms with Crippen molar-refractivity contribution in [3.8, 4) is 11.5 Å². The van der Waals surface area contributed by atoms with Gasteiger partial charge in [0.25, 0.3) is 5.91 Å². The van der Waals surface area contributed by atoms with Gasteiger partial charge in [-0.15, -0.1) is 0 Å². The van der Waals surface area contributed by atoms with Gasteiger partial charge in [-0.3, -0.25) is 4.79 Å². The highest BCUT2D eigenvalue weighted by Gasteiger charge is 2.21. The maximum absolute atomic E-state index is 14.3. The van der Waals surface area contributed by atoms with Crippen molar-refractivity contribution in [3.63, 3.8) is 0 Å². The van der Waals surface area contributed by atoms with Crippen LogP contribution in [0.25, 0.3) is 0 Å². The molecule has 1 N–H and O–H groups in total. The van der Waals surface area contributed by atoms with Gasteiger partial charge in [0.05, 0.1) is 25.3 Å². The van der Waals surface area contributed by atoms with Gasteiger partial charge in [-0.05, 0) is 19.1 Å². The zero-order chi connectivity index (χ0) is 18.0. The number of carbonyl (C=O) groups is 1. The van der Waals surface area contributed by atoms with Gasteiger partial charge in [-0.25, -0.2) is 4.39 Å². The third-order valence-electron chi connectivity index (χ3n) is 3.67. The molecule has 130 valence electrons. The average molecular weight is 375 g/mol. The number of nitrogens with zero attached hydrogens (tertiary/aromatic N) is 1. The standard InChI is InChI=1S/C16H17Cl2FN2O3/c1-8(9-5-13(23-3)14(24-4)7-11(9)19)20-16(22)12-6-10(17)15(18)21(12)2/h5-8H,1-4H3,(H,20,22). The third-order valence-corrected chi connectivity index (χ3v) is 4.51. The van der Waals surface area contributed by atoms with E-state index in [1.54, 1.807) is 14.0 Å². The Morgan fingerprint density at radius 2 is 1.79 bits per heavy atom. The van der Waals surface area contributed by atoms with Crippen LogP contribution in [0.15, 0.2) is 18.2 Å². The van der Waals surface area contributed by atoms with Gasteiger partial charge in [0.2, 0.25) is 0 Å². The van der Waals surface area contributed by atoms with Gasteiger partial charge in [0.1, 0.15) is 16.7 Å². The molecule has 5 nitrogen and oxygen atoms in total. The van der Waals surface area contributed by atoms with E-state index in [0.29, 0.717) is 5.75 Å². The zero-order valence-corrected chi connectivity index (χ0v) is 15.1. The fourth-order valence-corrected chi connectivity index (χ4v) is 2.69. The molecule has 1 aromatic heterocycles. The van der Waals surface area contributed by atoms with Gasteiger partial charge in [-0.2, -0.15) is 0 Å². The monoisotopic (exact) mass is 374 g/mol. The van der Waals surface area contributed by atoms with Crippen LogP contribution in [0, 0.1) is 5.82 Å². The number of benzene rings is 1. The number of amides is 1. The van der Waals surface area contributed by atoms with Crippen molar-refractivity contribution in [2.24, 2.45) is 7.05 Å². The third kappa shape index (κ3) is 3.44. The van der Waals surface area contributed by atoms with E-state index in [1.807, 2.05) is 0 Å². The van der Waals surface area contributed by atoms with E-state index >= 15 is 0 Å². The van der Waals surface area contributed by atoms with E-state index < -0.39 is 17.8 Å². The van der Waals surface area contributed by atoms with Crippen molar-refractivity contribution >= 4 is 29.1 Å². The molecule has 1 aromatic carbocycles. The number of halogens is 3. The SMILES string of the molecule is COc1cc(F)c(C(C)NC(=O)c2cc(Cl)c(Cl)n2C)cc1OC. The molecule has 1 amide bonds. The summed E-state index contributed by atoms with van der Waals surface area (Å²) >= 11 is 11.9. The molecule has 0 radical (unpaired) electrons. The number of hydrogen-bond acceptors (Lipinski definition) is 3. The Bertz CT molecular complexity index is 777. The Kier molecular flexibility index (Phi) is 5.62. The molecule has 24 heavy (non-hydrogen) atoms. The van der Waals surface area contributed by atoms with Crippen LogP contribution in [-0.4, -0.2) is 24.7 Å². The second-order valence-corrected chi connectivity index (χ2v) is 5.92. The number of carbonyl (C=O) groups excluding carboxylic acids is 1. The average Bonchev–Trinajstić information content (AvgIpc) is 2.81. The minimum atomic E-state index is -0.607. The summed E-state index contributed by atoms with van der Waals surface area (Å²) in [4.78, 5) is 12.4. The summed E-state index contributed by atoms with van der Waals surface area (Å²) < 4.78 is 25.9. The molecular formula is C16H17Cl2FN2O3. The molecular weight excluding hydrogens is 358 g/mol. The van der Waals surface area contributed by atoms with Gasteiger partial charge in [0.15, 0.2) is 11.5 Å². The van der Waals surface area contributed by atoms with Gasteiger partial charge >= 0.3 is 0 Å². The van der Waals surface area contributed by atoms with Crippen LogP contribution in [0.2, 0.25) is 10.2 Å². The molecule has 8 heteroatoms. The molecule has 2 aromatic rings. The number of aromatic nitrogens is 1. The van der Waals surface area contributed by atoms with E-state index in [2.05, 4.69) is 5.32 Å². The molecule has 0 spiro atoms. The van der Waals surface area contributed by atoms with Crippen molar-refractivity contribution in [1.29, 1.82) is 0 Å². The van der Waals surface area contributed by atoms with Gasteiger partial charge < -0.3 is 19.4 Å². The summed E-state index contributed by atoms with van der Waals surface area (Å²) in [6, 6.07) is 3.55. The van der Waals surface area contributed by atoms with E-state index in [0.717, 1.165) is 0 Å². The summed E-state index contributed by atoms with van der Waals surface area (Å²) in [6.07, 6.45) is 0. The molecule has 0 saturated heterocycles. The summed E-state index contributed by atoms with van der Waals surface area (Å²) in [5.41, 5.74) is 0.546. The van der Waals surface area contributed by atoms with Crippen molar-refractivity contribution in [2.45, 2.75) is 13.0 Å². The molecule has 1 unspecified atom stereocenters. The van der Waals surface area contributed by atoms with Crippen LogP contribution < -0.4 is 14.8 Å². The predicted molar refractivity (Wildman–Crippen MR) is 90.8 cm³/mol. The van der Waals surface area contributed by atoms with E-state index in [4.69, 9.17) is 32.7 Å². The number of ether oxygens (including phenoxy) is 2. The molecule has 0 saturated carbocycles. The Hall–Kier alpha value is -1.92. The van der Waals surface area contributed by atoms with Crippen molar-refractivity contribution in [3.05, 3.63) is 45.4 Å². The smallest absolute Gasteiger partial charge is 0.268 e. The number of methoxy groups -OCH3 is 2. The van der Waals surface area contributed by atoms with E-state index in [9.17, 15) is 9.18 Å². The summed E-state index contributed by atoms with van der Waals surface area (Å²) in [7, 11) is 4.49. The van der Waals surface area contributed by atoms with Crippen LogP contribution in [0.4, 0.5) is 4.39 Å². The first-order chi connectivity index (χ1) is 11.3. The Morgan fingerprint density at radius 1 is 1.21 bits per heavy atom. The van der Waals surface area contributed by atoms with Crippen molar-refractivity contribution in [1.82, 2.24) is 9.88 Å². The lowest BCUT2D eigenvalue weighted by Gasteiger charge is -2.17. The molecule has 0 aliphatic rings. The first-order valence-corrected chi connectivity index (χ1v) is 7.78. The summed E-state index contributed by atoms with van der Waals surface area (Å²) in [6.45, 7) is 1.66. The van der Waals surface area contributed by atoms with Crippen LogP contribution in [0.1, 0.15) is 29.0 Å². The second kappa shape index (κ2) is 7.32. The fourth-order valence-electron chi connectivity index (χ4n) is 2.31. The molecule has 0 aliphatic carbocycles. The zero-order valence-electron chi connectivity index (χ0n) is 13.6. The van der Waals surface area contributed by atoms with E-state index in [-0.39, 0.29) is 27.2 Å². The summed E-state index contributed by atoms with van der Waals surface area (Å²) in [5, 5.41) is 3.24. The molecule has 2 rings (SSSR count). The lowest BCUT2D eigenvalue weighted by Crippen LogP contribution is -2.28. The molecule has 0 fully saturated rings. The Balaban J connectivity index is 2.27. The highest BCUT2D eigenvalue weighted by molar-refractivity contribution is 6.41. The van der Waals surface area contributed by atoms with Crippen LogP contribution in [0.3, 0.4) is 0 Å². The Labute approximate surface area is 149 Å². The minimum absolute atomic E-state index is 0.256. The van der Waals surface area contributed by atoms with E-state index in [1.165, 1.54) is 37.0 Å². The predicted octanol–water partition coefficient (Wildman–Crippen LogP) is 3.98. The molecule has 1 heterocycles. The first-order valence-electron chi connectivity index (χ1n) is 7.03. The van der Waals surface area contributed by atoms with Crippen molar-refractivity contribution in [2.75, 3.05) is 14.2 Å². The maximum atomic E-state index is 14.3. The topological polar surface area (TPSA) is 52.5 Å². The lowest BCUT2D eigenvalue weighted by atomic mass is 10.1. The van der Waals surface area contributed by atoms with Gasteiger partial charge in [0, 0.05) is 18.7 Å². The fraction of sp³-hybridized carbons (Fsp3) is 0.312.